The molecule has 1 aliphatic rings. The number of guanidine groups is 1. The fourth-order valence-corrected chi connectivity index (χ4v) is 5.33. The molecule has 3 rings (SSSR count). The molecule has 0 aliphatic carbocycles. The number of nitrogens with zero attached hydrogens (tertiary/aromatic N) is 3. The Morgan fingerprint density at radius 3 is 2.59 bits per heavy atom. The molecule has 0 radical (unpaired) electrons. The maximum Gasteiger partial charge on any atom is 0.191 e. The maximum atomic E-state index is 4.49. The lowest BCUT2D eigenvalue weighted by Crippen LogP contribution is -2.44. The Balaban J connectivity index is 0.00000363. The van der Waals surface area contributed by atoms with Crippen molar-refractivity contribution in [3.05, 3.63) is 57.8 Å². The average Bonchev–Trinajstić information content (AvgIpc) is 3.29. The van der Waals surface area contributed by atoms with Gasteiger partial charge in [-0.3, -0.25) is 14.8 Å². The van der Waals surface area contributed by atoms with Gasteiger partial charge in [-0.2, -0.15) is 0 Å². The van der Waals surface area contributed by atoms with E-state index in [1.165, 1.54) is 35.4 Å². The summed E-state index contributed by atoms with van der Waals surface area (Å²) < 4.78 is 0. The molecule has 2 N–H and O–H groups in total. The lowest BCUT2D eigenvalue weighted by molar-refractivity contribution is 0.125. The minimum absolute atomic E-state index is 0. The van der Waals surface area contributed by atoms with E-state index >= 15 is 0 Å². The van der Waals surface area contributed by atoms with E-state index in [4.69, 9.17) is 0 Å². The van der Waals surface area contributed by atoms with Crippen molar-refractivity contribution in [2.45, 2.75) is 51.9 Å². The van der Waals surface area contributed by atoms with Gasteiger partial charge in [-0.15, -0.1) is 35.3 Å². The fraction of sp³-hybridized carbons (Fsp3) is 0.560. The molecule has 0 spiro atoms. The van der Waals surface area contributed by atoms with Crippen molar-refractivity contribution in [2.24, 2.45) is 10.9 Å². The van der Waals surface area contributed by atoms with Crippen LogP contribution in [0.1, 0.15) is 48.7 Å². The van der Waals surface area contributed by atoms with E-state index in [1.54, 1.807) is 0 Å². The second-order valence-corrected chi connectivity index (χ2v) is 9.91. The predicted molar refractivity (Wildman–Crippen MR) is 149 cm³/mol. The summed E-state index contributed by atoms with van der Waals surface area (Å²) in [7, 11) is 6.30. The summed E-state index contributed by atoms with van der Waals surface area (Å²) in [5.74, 6) is 1.47. The van der Waals surface area contributed by atoms with Crippen LogP contribution < -0.4 is 10.6 Å². The van der Waals surface area contributed by atoms with E-state index in [2.05, 4.69) is 95.1 Å². The largest absolute Gasteiger partial charge is 0.356 e. The first-order valence-electron chi connectivity index (χ1n) is 11.4. The van der Waals surface area contributed by atoms with E-state index in [9.17, 15) is 0 Å². The van der Waals surface area contributed by atoms with E-state index in [0.29, 0.717) is 18.0 Å². The Morgan fingerprint density at radius 1 is 1.19 bits per heavy atom. The fourth-order valence-electron chi connectivity index (χ4n) is 4.35. The summed E-state index contributed by atoms with van der Waals surface area (Å²) in [5.41, 5.74) is 2.69. The monoisotopic (exact) mass is 569 g/mol. The Morgan fingerprint density at radius 2 is 1.94 bits per heavy atom. The smallest absolute Gasteiger partial charge is 0.191 e. The molecule has 1 aromatic heterocycles. The molecule has 0 saturated carbocycles. The summed E-state index contributed by atoms with van der Waals surface area (Å²) in [6.07, 6.45) is 2.51. The number of piperidine rings is 1. The van der Waals surface area contributed by atoms with E-state index in [0.717, 1.165) is 25.6 Å². The summed E-state index contributed by atoms with van der Waals surface area (Å²) in [6.45, 7) is 8.31. The molecule has 0 amide bonds. The first kappa shape index (κ1) is 27.1. The standard InChI is InChI=1S/C25H39N5S.HI/c1-19(2)30(5)18-22-11-7-6-10-20(22)16-27-25(26-3)28-17-21-12-8-14-29(4)24(21)23-13-9-15-31-23;/h6-7,9-11,13,15,19,21,24H,8,12,14,16-18H2,1-5H3,(H2,26,27,28);1H. The third-order valence-corrected chi connectivity index (χ3v) is 7.41. The molecule has 5 nitrogen and oxygen atoms in total. The molecule has 2 heterocycles. The van der Waals surface area contributed by atoms with Gasteiger partial charge in [-0.25, -0.2) is 0 Å². The third-order valence-electron chi connectivity index (χ3n) is 6.46. The molecule has 7 heteroatoms. The number of aliphatic imine (C=N–C) groups is 1. The van der Waals surface area contributed by atoms with E-state index in [1.807, 2.05) is 18.4 Å². The van der Waals surface area contributed by atoms with Gasteiger partial charge in [0.1, 0.15) is 0 Å². The van der Waals surface area contributed by atoms with Gasteiger partial charge < -0.3 is 10.6 Å². The van der Waals surface area contributed by atoms with Crippen molar-refractivity contribution < 1.29 is 0 Å². The summed E-state index contributed by atoms with van der Waals surface area (Å²) in [5, 5.41) is 9.34. The van der Waals surface area contributed by atoms with Gasteiger partial charge in [0, 0.05) is 43.6 Å². The molecular weight excluding hydrogens is 529 g/mol. The van der Waals surface area contributed by atoms with Crippen molar-refractivity contribution in [3.8, 4) is 0 Å². The predicted octanol–water partition coefficient (Wildman–Crippen LogP) is 4.95. The van der Waals surface area contributed by atoms with Crippen LogP contribution in [0.2, 0.25) is 0 Å². The van der Waals surface area contributed by atoms with E-state index in [-0.39, 0.29) is 24.0 Å². The highest BCUT2D eigenvalue weighted by atomic mass is 127. The molecule has 0 bridgehead atoms. The molecular formula is C25H40IN5S. The van der Waals surface area contributed by atoms with Gasteiger partial charge in [-0.1, -0.05) is 30.3 Å². The quantitative estimate of drug-likeness (QED) is 0.268. The van der Waals surface area contributed by atoms with Crippen molar-refractivity contribution in [2.75, 3.05) is 34.2 Å². The number of halogens is 1. The Kier molecular flexibility index (Phi) is 11.4. The SMILES string of the molecule is CN=C(NCc1ccccc1CN(C)C(C)C)NCC1CCCN(C)C1c1cccs1.I. The number of thiophene rings is 1. The number of likely N-dealkylation sites (tertiary alicyclic amines) is 1. The first-order valence-corrected chi connectivity index (χ1v) is 12.3. The van der Waals surface area contributed by atoms with Crippen LogP contribution in [0, 0.1) is 5.92 Å². The van der Waals surface area contributed by atoms with Crippen LogP contribution in [-0.2, 0) is 13.1 Å². The highest BCUT2D eigenvalue weighted by molar-refractivity contribution is 14.0. The number of nitrogens with one attached hydrogen (secondary N) is 2. The minimum Gasteiger partial charge on any atom is -0.356 e. The van der Waals surface area contributed by atoms with Crippen LogP contribution in [0.15, 0.2) is 46.8 Å². The Bertz CT molecular complexity index is 823. The van der Waals surface area contributed by atoms with Gasteiger partial charge >= 0.3 is 0 Å². The molecule has 1 aliphatic heterocycles. The average molecular weight is 570 g/mol. The second-order valence-electron chi connectivity index (χ2n) is 8.93. The van der Waals surface area contributed by atoms with Crippen LogP contribution >= 0.6 is 35.3 Å². The molecule has 1 aromatic carbocycles. The zero-order valence-electron chi connectivity index (χ0n) is 20.2. The van der Waals surface area contributed by atoms with Crippen molar-refractivity contribution in [1.29, 1.82) is 0 Å². The van der Waals surface area contributed by atoms with Crippen LogP contribution in [0.4, 0.5) is 0 Å². The van der Waals surface area contributed by atoms with Gasteiger partial charge in [0.15, 0.2) is 5.96 Å². The number of benzene rings is 1. The van der Waals surface area contributed by atoms with Crippen LogP contribution in [0.5, 0.6) is 0 Å². The lowest BCUT2D eigenvalue weighted by atomic mass is 9.88. The molecule has 2 unspecified atom stereocenters. The lowest BCUT2D eigenvalue weighted by Gasteiger charge is -2.39. The maximum absolute atomic E-state index is 4.49. The Labute approximate surface area is 215 Å². The number of rotatable bonds is 8. The third kappa shape index (κ3) is 7.43. The zero-order chi connectivity index (χ0) is 22.2. The summed E-state index contributed by atoms with van der Waals surface area (Å²) >= 11 is 1.87. The molecule has 1 saturated heterocycles. The van der Waals surface area contributed by atoms with Crippen LogP contribution in [0.25, 0.3) is 0 Å². The highest BCUT2D eigenvalue weighted by Crippen LogP contribution is 2.36. The van der Waals surface area contributed by atoms with Gasteiger partial charge in [0.25, 0.3) is 0 Å². The summed E-state index contributed by atoms with van der Waals surface area (Å²) in [4.78, 5) is 10.8. The highest BCUT2D eigenvalue weighted by Gasteiger charge is 2.31. The number of hydrogen-bond donors (Lipinski definition) is 2. The van der Waals surface area contributed by atoms with Crippen molar-refractivity contribution in [3.63, 3.8) is 0 Å². The first-order chi connectivity index (χ1) is 15.0. The topological polar surface area (TPSA) is 42.9 Å². The molecule has 2 atom stereocenters. The van der Waals surface area contributed by atoms with Gasteiger partial charge in [0.05, 0.1) is 0 Å². The van der Waals surface area contributed by atoms with E-state index < -0.39 is 0 Å². The second kappa shape index (κ2) is 13.5. The van der Waals surface area contributed by atoms with Gasteiger partial charge in [0.2, 0.25) is 0 Å². The van der Waals surface area contributed by atoms with Crippen LogP contribution in [-0.4, -0.2) is 56.0 Å². The van der Waals surface area contributed by atoms with Gasteiger partial charge in [-0.05, 0) is 75.8 Å². The Hall–Kier alpha value is -1.16. The molecule has 1 fully saturated rings. The molecule has 32 heavy (non-hydrogen) atoms. The van der Waals surface area contributed by atoms with Crippen molar-refractivity contribution >= 4 is 41.3 Å². The zero-order valence-corrected chi connectivity index (χ0v) is 23.3. The summed E-state index contributed by atoms with van der Waals surface area (Å²) in [6, 6.07) is 14.2. The molecule has 2 aromatic rings. The van der Waals surface area contributed by atoms with Crippen molar-refractivity contribution in [1.82, 2.24) is 20.4 Å². The number of hydrogen-bond acceptors (Lipinski definition) is 4. The minimum atomic E-state index is 0. The normalized spacial score (nSPS) is 19.8. The van der Waals surface area contributed by atoms with Crippen LogP contribution in [0.3, 0.4) is 0 Å². The molecule has 178 valence electrons.